The number of aryl methyl sites for hydroxylation is 1. The molecule has 0 unspecified atom stereocenters. The van der Waals surface area contributed by atoms with Gasteiger partial charge in [-0.05, 0) is 18.6 Å². The van der Waals surface area contributed by atoms with Crippen LogP contribution in [0.1, 0.15) is 16.7 Å². The first-order valence-corrected chi connectivity index (χ1v) is 7.70. The van der Waals surface area contributed by atoms with E-state index in [1.807, 2.05) is 6.92 Å². The smallest absolute Gasteiger partial charge is 0.177 e. The Morgan fingerprint density at radius 3 is 2.07 bits per heavy atom. The summed E-state index contributed by atoms with van der Waals surface area (Å²) in [6.07, 6.45) is 3.31. The van der Waals surface area contributed by atoms with Crippen LogP contribution in [-0.2, 0) is 6.67 Å². The van der Waals surface area contributed by atoms with E-state index in [9.17, 15) is 22.1 Å². The van der Waals surface area contributed by atoms with Crippen molar-refractivity contribution in [2.24, 2.45) is 0 Å². The van der Waals surface area contributed by atoms with E-state index < -0.39 is 35.4 Å². The Balaban J connectivity index is 0.000000209. The zero-order chi connectivity index (χ0) is 20.7. The molecule has 1 heterocycles. The number of hydrogen-bond acceptors (Lipinski definition) is 4. The molecule has 0 saturated heterocycles. The Bertz CT molecular complexity index is 980. The van der Waals surface area contributed by atoms with Crippen molar-refractivity contribution in [2.75, 3.05) is 0 Å². The molecule has 3 aromatic rings. The molecular weight excluding hydrogens is 381 g/mol. The number of nitriles is 1. The lowest BCUT2D eigenvalue weighted by molar-refractivity contribution is -0.00692. The molecule has 0 spiro atoms. The Labute approximate surface area is 156 Å². The summed E-state index contributed by atoms with van der Waals surface area (Å²) in [7, 11) is 0. The highest BCUT2D eigenvalue weighted by molar-refractivity contribution is 5.55. The maximum absolute atomic E-state index is 13.3. The summed E-state index contributed by atoms with van der Waals surface area (Å²) in [4.78, 5) is 11.2. The molecule has 144 valence electrons. The molecule has 2 aromatic carbocycles. The normalized spacial score (nSPS) is 9.89. The topological polar surface area (TPSA) is 58.8 Å². The van der Waals surface area contributed by atoms with Crippen LogP contribution in [0.2, 0.25) is 0 Å². The van der Waals surface area contributed by atoms with Crippen LogP contribution in [0.15, 0.2) is 42.7 Å². The Morgan fingerprint density at radius 2 is 1.61 bits per heavy atom. The highest BCUT2D eigenvalue weighted by Crippen LogP contribution is 2.20. The first-order chi connectivity index (χ1) is 13.4. The van der Waals surface area contributed by atoms with Gasteiger partial charge in [-0.1, -0.05) is 12.1 Å². The average molecular weight is 393 g/mol. The molecule has 0 amide bonds. The predicted molar refractivity (Wildman–Crippen MR) is 89.8 cm³/mol. The van der Waals surface area contributed by atoms with Crippen LogP contribution in [0.5, 0.6) is 5.75 Å². The van der Waals surface area contributed by atoms with Crippen molar-refractivity contribution in [1.82, 2.24) is 9.97 Å². The van der Waals surface area contributed by atoms with Crippen molar-refractivity contribution in [3.05, 3.63) is 76.9 Å². The van der Waals surface area contributed by atoms with Gasteiger partial charge in [0.15, 0.2) is 11.6 Å². The maximum atomic E-state index is 13.3. The van der Waals surface area contributed by atoms with E-state index >= 15 is 0 Å². The van der Waals surface area contributed by atoms with Crippen LogP contribution in [0, 0.1) is 35.7 Å². The summed E-state index contributed by atoms with van der Waals surface area (Å²) in [5, 5.41) is 8.20. The fourth-order valence-corrected chi connectivity index (χ4v) is 2.04. The number of nitrogens with zero attached hydrogens (tertiary/aromatic N) is 3. The van der Waals surface area contributed by atoms with Crippen LogP contribution >= 0.6 is 0 Å². The Morgan fingerprint density at radius 1 is 1.00 bits per heavy atom. The average Bonchev–Trinajstić information content (AvgIpc) is 2.68. The van der Waals surface area contributed by atoms with Gasteiger partial charge in [-0.25, -0.2) is 27.5 Å². The van der Waals surface area contributed by atoms with Crippen molar-refractivity contribution >= 4 is 0 Å². The van der Waals surface area contributed by atoms with E-state index in [1.165, 1.54) is 18.2 Å². The highest BCUT2D eigenvalue weighted by Gasteiger charge is 2.11. The predicted octanol–water partition coefficient (Wildman–Crippen LogP) is 5.16. The van der Waals surface area contributed by atoms with Crippen LogP contribution in [0.4, 0.5) is 22.1 Å². The van der Waals surface area contributed by atoms with Crippen molar-refractivity contribution in [1.29, 1.82) is 5.26 Å². The molecule has 0 aliphatic rings. The molecule has 0 N–H and O–H groups in total. The standard InChI is InChI=1S/C12H10F2N2.C7H2F3NO/c1-8-6-15-12(16-7-8)9-2-3-10(5-13)11(14)4-9;8-6-1-4(12-10)2-7(9)5(6)3-11/h2-4,6-7H,5H2,1H3;1-2H. The van der Waals surface area contributed by atoms with Gasteiger partial charge in [0.2, 0.25) is 0 Å². The van der Waals surface area contributed by atoms with Gasteiger partial charge < -0.3 is 0 Å². The van der Waals surface area contributed by atoms with E-state index in [-0.39, 0.29) is 5.56 Å². The van der Waals surface area contributed by atoms with Crippen LogP contribution in [0.3, 0.4) is 0 Å². The molecule has 3 rings (SSSR count). The number of benzene rings is 2. The van der Waals surface area contributed by atoms with Gasteiger partial charge in [-0.15, -0.1) is 0 Å². The van der Waals surface area contributed by atoms with E-state index in [4.69, 9.17) is 5.26 Å². The minimum absolute atomic E-state index is 0.0517. The lowest BCUT2D eigenvalue weighted by atomic mass is 10.1. The van der Waals surface area contributed by atoms with Crippen molar-refractivity contribution < 1.29 is 27.0 Å². The summed E-state index contributed by atoms with van der Waals surface area (Å²) in [6.45, 7) is 1.07. The lowest BCUT2D eigenvalue weighted by Crippen LogP contribution is -1.92. The zero-order valence-electron chi connectivity index (χ0n) is 14.4. The molecule has 0 saturated carbocycles. The van der Waals surface area contributed by atoms with Crippen LogP contribution in [0.25, 0.3) is 11.4 Å². The van der Waals surface area contributed by atoms with Crippen LogP contribution in [-0.4, -0.2) is 9.97 Å². The highest BCUT2D eigenvalue weighted by atomic mass is 19.3. The van der Waals surface area contributed by atoms with Crippen LogP contribution < -0.4 is 4.94 Å². The van der Waals surface area contributed by atoms with Crippen molar-refractivity contribution in [3.8, 4) is 23.2 Å². The molecule has 1 aromatic heterocycles. The monoisotopic (exact) mass is 393 g/mol. The molecular formula is C19H12F5N3O. The zero-order valence-corrected chi connectivity index (χ0v) is 14.4. The van der Waals surface area contributed by atoms with Crippen molar-refractivity contribution in [3.63, 3.8) is 0 Å². The van der Waals surface area contributed by atoms with Gasteiger partial charge in [0.05, 0.1) is 0 Å². The molecule has 0 fully saturated rings. The quantitative estimate of drug-likeness (QED) is 0.577. The molecule has 0 aliphatic heterocycles. The van der Waals surface area contributed by atoms with Gasteiger partial charge >= 0.3 is 0 Å². The first kappa shape index (κ1) is 20.8. The number of rotatable bonds is 3. The molecule has 0 bridgehead atoms. The third-order valence-electron chi connectivity index (χ3n) is 3.45. The Hall–Kier alpha value is -3.54. The van der Waals surface area contributed by atoms with Gasteiger partial charge in [-0.3, -0.25) is 4.94 Å². The second-order valence-electron chi connectivity index (χ2n) is 5.47. The first-order valence-electron chi connectivity index (χ1n) is 7.70. The third-order valence-corrected chi connectivity index (χ3v) is 3.45. The number of alkyl halides is 1. The van der Waals surface area contributed by atoms with Gasteiger partial charge in [0.25, 0.3) is 0 Å². The van der Waals surface area contributed by atoms with E-state index in [0.29, 0.717) is 23.5 Å². The molecule has 9 heteroatoms. The summed E-state index contributed by atoms with van der Waals surface area (Å²) < 4.78 is 62.2. The minimum atomic E-state index is -1.15. The summed E-state index contributed by atoms with van der Waals surface area (Å²) >= 11 is 0. The molecule has 4 nitrogen and oxygen atoms in total. The van der Waals surface area contributed by atoms with Gasteiger partial charge in [-0.2, -0.15) is 5.26 Å². The Kier molecular flexibility index (Phi) is 6.98. The molecule has 28 heavy (non-hydrogen) atoms. The summed E-state index contributed by atoms with van der Waals surface area (Å²) in [5.41, 5.74) is 0.783. The number of halogens is 5. The van der Waals surface area contributed by atoms with Gasteiger partial charge in [0, 0.05) is 40.2 Å². The SMILES string of the molecule is Cc1cnc(-c2ccc(CF)c(F)c2)nc1.N#Cc1c(F)cc(OF)cc1F. The van der Waals surface area contributed by atoms with E-state index in [0.717, 1.165) is 5.56 Å². The number of aromatic nitrogens is 2. The largest absolute Gasteiger partial charge is 0.294 e. The number of hydrogen-bond donors (Lipinski definition) is 0. The lowest BCUT2D eigenvalue weighted by Gasteiger charge is -2.02. The molecule has 0 radical (unpaired) electrons. The van der Waals surface area contributed by atoms with E-state index in [1.54, 1.807) is 18.5 Å². The van der Waals surface area contributed by atoms with E-state index in [2.05, 4.69) is 14.9 Å². The second-order valence-corrected chi connectivity index (χ2v) is 5.47. The molecule has 0 aliphatic carbocycles. The third kappa shape index (κ3) is 5.01. The fraction of sp³-hybridized carbons (Fsp3) is 0.105. The second kappa shape index (κ2) is 9.41. The maximum Gasteiger partial charge on any atom is 0.177 e. The fourth-order valence-electron chi connectivity index (χ4n) is 2.04. The summed E-state index contributed by atoms with van der Waals surface area (Å²) in [5.74, 6) is -3.03. The van der Waals surface area contributed by atoms with Gasteiger partial charge in [0.1, 0.15) is 35.8 Å². The summed E-state index contributed by atoms with van der Waals surface area (Å²) in [6, 6.07) is 6.73. The van der Waals surface area contributed by atoms with Crippen molar-refractivity contribution in [2.45, 2.75) is 13.6 Å². The minimum Gasteiger partial charge on any atom is -0.294 e. The molecule has 0 atom stereocenters.